The summed E-state index contributed by atoms with van der Waals surface area (Å²) in [4.78, 5) is 2.29. The molecule has 0 aliphatic rings. The van der Waals surface area contributed by atoms with E-state index in [1.54, 1.807) is 12.1 Å². The molecule has 0 aliphatic heterocycles. The van der Waals surface area contributed by atoms with Gasteiger partial charge in [0.2, 0.25) is 0 Å². The molecule has 0 aliphatic carbocycles. The molecule has 2 N–H and O–H groups in total. The van der Waals surface area contributed by atoms with Gasteiger partial charge in [-0.05, 0) is 36.8 Å². The van der Waals surface area contributed by atoms with Crippen LogP contribution in [0, 0.1) is 0 Å². The van der Waals surface area contributed by atoms with Gasteiger partial charge in [0.05, 0.1) is 16.6 Å². The van der Waals surface area contributed by atoms with Crippen LogP contribution in [-0.4, -0.2) is 21.7 Å². The van der Waals surface area contributed by atoms with E-state index in [1.165, 1.54) is 6.26 Å². The van der Waals surface area contributed by atoms with Crippen LogP contribution < -0.4 is 10.6 Å². The van der Waals surface area contributed by atoms with E-state index >= 15 is 0 Å². The Morgan fingerprint density at radius 3 is 2.38 bits per heavy atom. The molecule has 0 radical (unpaired) electrons. The van der Waals surface area contributed by atoms with Crippen LogP contribution in [0.5, 0.6) is 0 Å². The molecule has 0 spiro atoms. The van der Waals surface area contributed by atoms with E-state index in [9.17, 15) is 8.42 Å². The zero-order chi connectivity index (χ0) is 15.6. The summed E-state index contributed by atoms with van der Waals surface area (Å²) < 4.78 is 23.8. The van der Waals surface area contributed by atoms with Gasteiger partial charge in [-0.25, -0.2) is 8.42 Å². The minimum Gasteiger partial charge on any atom is -0.399 e. The van der Waals surface area contributed by atoms with Gasteiger partial charge in [-0.15, -0.1) is 0 Å². The van der Waals surface area contributed by atoms with Crippen molar-refractivity contribution in [1.82, 2.24) is 0 Å². The number of hydrogen-bond donors (Lipinski definition) is 1. The molecule has 0 heterocycles. The molecule has 0 aromatic heterocycles. The van der Waals surface area contributed by atoms with Gasteiger partial charge >= 0.3 is 0 Å². The van der Waals surface area contributed by atoms with Crippen LogP contribution in [0.3, 0.4) is 0 Å². The van der Waals surface area contributed by atoms with Gasteiger partial charge in [0.25, 0.3) is 0 Å². The predicted octanol–water partition coefficient (Wildman–Crippen LogP) is 2.87. The highest BCUT2D eigenvalue weighted by molar-refractivity contribution is 7.90. The Kier molecular flexibility index (Phi) is 4.23. The second-order valence-corrected chi connectivity index (χ2v) is 7.18. The SMILES string of the molecule is CC(c1cccc(N)c1)N(C)c1ccccc1S(C)(=O)=O. The highest BCUT2D eigenvalue weighted by atomic mass is 32.2. The second kappa shape index (κ2) is 5.77. The van der Waals surface area contributed by atoms with E-state index in [1.807, 2.05) is 55.3 Å². The van der Waals surface area contributed by atoms with E-state index < -0.39 is 9.84 Å². The summed E-state index contributed by atoms with van der Waals surface area (Å²) in [7, 11) is -1.38. The molecule has 2 rings (SSSR count). The van der Waals surface area contributed by atoms with Gasteiger partial charge in [0.15, 0.2) is 9.84 Å². The molecule has 4 nitrogen and oxygen atoms in total. The molecule has 0 fully saturated rings. The highest BCUT2D eigenvalue weighted by Gasteiger charge is 2.19. The lowest BCUT2D eigenvalue weighted by Crippen LogP contribution is -2.23. The molecule has 0 saturated heterocycles. The maximum absolute atomic E-state index is 11.9. The van der Waals surface area contributed by atoms with Gasteiger partial charge in [-0.1, -0.05) is 24.3 Å². The maximum atomic E-state index is 11.9. The summed E-state index contributed by atoms with van der Waals surface area (Å²) in [6.07, 6.45) is 1.23. The number of hydrogen-bond acceptors (Lipinski definition) is 4. The molecular formula is C16H20N2O2S. The van der Waals surface area contributed by atoms with Gasteiger partial charge in [0.1, 0.15) is 0 Å². The molecule has 0 bridgehead atoms. The van der Waals surface area contributed by atoms with Crippen molar-refractivity contribution < 1.29 is 8.42 Å². The number of nitrogens with zero attached hydrogens (tertiary/aromatic N) is 1. The summed E-state index contributed by atoms with van der Waals surface area (Å²) in [6, 6.07) is 14.7. The van der Waals surface area contributed by atoms with Crippen LogP contribution in [0.15, 0.2) is 53.4 Å². The monoisotopic (exact) mass is 304 g/mol. The third-order valence-corrected chi connectivity index (χ3v) is 4.76. The standard InChI is InChI=1S/C16H20N2O2S/c1-12(13-7-6-8-14(17)11-13)18(2)15-9-4-5-10-16(15)21(3,19)20/h4-12H,17H2,1-3H3. The number of nitrogen functional groups attached to an aromatic ring is 1. The van der Waals surface area contributed by atoms with E-state index in [0.29, 0.717) is 16.3 Å². The summed E-state index contributed by atoms with van der Waals surface area (Å²) >= 11 is 0. The molecule has 112 valence electrons. The number of anilines is 2. The minimum absolute atomic E-state index is 0.0106. The quantitative estimate of drug-likeness (QED) is 0.882. The van der Waals surface area contributed by atoms with Crippen LogP contribution in [0.25, 0.3) is 0 Å². The number of sulfone groups is 1. The third kappa shape index (κ3) is 3.36. The molecular weight excluding hydrogens is 284 g/mol. The topological polar surface area (TPSA) is 63.4 Å². The zero-order valence-electron chi connectivity index (χ0n) is 12.4. The van der Waals surface area contributed by atoms with E-state index in [2.05, 4.69) is 0 Å². The predicted molar refractivity (Wildman–Crippen MR) is 87.2 cm³/mol. The highest BCUT2D eigenvalue weighted by Crippen LogP contribution is 2.31. The van der Waals surface area contributed by atoms with Crippen LogP contribution in [0.2, 0.25) is 0 Å². The molecule has 0 amide bonds. The summed E-state index contributed by atoms with van der Waals surface area (Å²) in [5.41, 5.74) is 8.25. The maximum Gasteiger partial charge on any atom is 0.177 e. The van der Waals surface area contributed by atoms with Crippen LogP contribution in [0.1, 0.15) is 18.5 Å². The summed E-state index contributed by atoms with van der Waals surface area (Å²) in [5.74, 6) is 0. The Labute approximate surface area is 126 Å². The second-order valence-electron chi connectivity index (χ2n) is 5.20. The van der Waals surface area contributed by atoms with Crippen molar-refractivity contribution in [2.75, 3.05) is 23.9 Å². The lowest BCUT2D eigenvalue weighted by Gasteiger charge is -2.29. The first-order valence-electron chi connectivity index (χ1n) is 6.68. The Bertz CT molecular complexity index is 741. The fourth-order valence-electron chi connectivity index (χ4n) is 2.31. The summed E-state index contributed by atoms with van der Waals surface area (Å²) in [5, 5.41) is 0. The smallest absolute Gasteiger partial charge is 0.177 e. The average Bonchev–Trinajstić information content (AvgIpc) is 2.45. The molecule has 1 atom stereocenters. The largest absolute Gasteiger partial charge is 0.399 e. The van der Waals surface area contributed by atoms with Crippen LogP contribution >= 0.6 is 0 Å². The normalized spacial score (nSPS) is 12.9. The molecule has 21 heavy (non-hydrogen) atoms. The van der Waals surface area contributed by atoms with Gasteiger partial charge in [-0.2, -0.15) is 0 Å². The third-order valence-electron chi connectivity index (χ3n) is 3.62. The Morgan fingerprint density at radius 2 is 1.76 bits per heavy atom. The van der Waals surface area contributed by atoms with Crippen molar-refractivity contribution in [2.24, 2.45) is 0 Å². The Hall–Kier alpha value is -2.01. The van der Waals surface area contributed by atoms with Crippen molar-refractivity contribution in [1.29, 1.82) is 0 Å². The summed E-state index contributed by atoms with van der Waals surface area (Å²) in [6.45, 7) is 2.02. The molecule has 0 saturated carbocycles. The lowest BCUT2D eigenvalue weighted by molar-refractivity contribution is 0.601. The lowest BCUT2D eigenvalue weighted by atomic mass is 10.1. The van der Waals surface area contributed by atoms with Crippen LogP contribution in [0.4, 0.5) is 11.4 Å². The fraction of sp³-hybridized carbons (Fsp3) is 0.250. The Balaban J connectivity index is 2.43. The van der Waals surface area contributed by atoms with E-state index in [0.717, 1.165) is 5.56 Å². The molecule has 1 unspecified atom stereocenters. The number of nitrogens with two attached hydrogens (primary N) is 1. The number of rotatable bonds is 4. The number of para-hydroxylation sites is 1. The first kappa shape index (κ1) is 15.4. The first-order valence-corrected chi connectivity index (χ1v) is 8.57. The minimum atomic E-state index is -3.27. The molecule has 2 aromatic carbocycles. The average molecular weight is 304 g/mol. The zero-order valence-corrected chi connectivity index (χ0v) is 13.3. The molecule has 2 aromatic rings. The Morgan fingerprint density at radius 1 is 1.10 bits per heavy atom. The van der Waals surface area contributed by atoms with Gasteiger partial charge in [-0.3, -0.25) is 0 Å². The van der Waals surface area contributed by atoms with Gasteiger partial charge in [0, 0.05) is 19.0 Å². The first-order chi connectivity index (χ1) is 9.80. The molecule has 5 heteroatoms. The van der Waals surface area contributed by atoms with Gasteiger partial charge < -0.3 is 10.6 Å². The van der Waals surface area contributed by atoms with Crippen molar-refractivity contribution in [3.8, 4) is 0 Å². The van der Waals surface area contributed by atoms with Crippen molar-refractivity contribution in [3.05, 3.63) is 54.1 Å². The van der Waals surface area contributed by atoms with Crippen molar-refractivity contribution in [3.63, 3.8) is 0 Å². The van der Waals surface area contributed by atoms with Crippen molar-refractivity contribution in [2.45, 2.75) is 17.9 Å². The number of benzene rings is 2. The van der Waals surface area contributed by atoms with E-state index in [-0.39, 0.29) is 6.04 Å². The van der Waals surface area contributed by atoms with Crippen molar-refractivity contribution >= 4 is 21.2 Å². The fourth-order valence-corrected chi connectivity index (χ4v) is 3.23. The van der Waals surface area contributed by atoms with E-state index in [4.69, 9.17) is 5.73 Å². The van der Waals surface area contributed by atoms with Crippen LogP contribution in [-0.2, 0) is 9.84 Å².